The van der Waals surface area contributed by atoms with Crippen LogP contribution in [0.2, 0.25) is 5.02 Å². The number of halogens is 1. The average Bonchev–Trinajstić information content (AvgIpc) is 2.72. The summed E-state index contributed by atoms with van der Waals surface area (Å²) in [6.07, 6.45) is 0.635. The van der Waals surface area contributed by atoms with Crippen molar-refractivity contribution >= 4 is 44.8 Å². The van der Waals surface area contributed by atoms with Gasteiger partial charge in [0.1, 0.15) is 0 Å². The fraction of sp³-hybridized carbons (Fsp3) is 0.462. The van der Waals surface area contributed by atoms with Crippen molar-refractivity contribution in [2.75, 3.05) is 22.6 Å². The lowest BCUT2D eigenvalue weighted by atomic mass is 10.2. The van der Waals surface area contributed by atoms with Gasteiger partial charge in [0, 0.05) is 16.0 Å². The number of hydrogen-bond acceptors (Lipinski definition) is 4. The molecule has 0 aromatic heterocycles. The minimum atomic E-state index is -2.88. The van der Waals surface area contributed by atoms with Gasteiger partial charge in [0.05, 0.1) is 17.3 Å². The molecule has 1 aromatic rings. The second-order valence-electron chi connectivity index (χ2n) is 4.80. The van der Waals surface area contributed by atoms with Crippen LogP contribution in [0.15, 0.2) is 18.2 Å². The molecule has 0 unspecified atom stereocenters. The zero-order valence-electron chi connectivity index (χ0n) is 11.1. The SMILES string of the molecule is Cc1c(Cl)cccc1NC(=O)CS[C@H]1CCS(=O)(=O)C1. The molecule has 1 aliphatic rings. The van der Waals surface area contributed by atoms with E-state index < -0.39 is 9.84 Å². The first-order chi connectivity index (χ1) is 9.37. The van der Waals surface area contributed by atoms with Crippen LogP contribution in [-0.2, 0) is 14.6 Å². The van der Waals surface area contributed by atoms with Crippen molar-refractivity contribution in [1.29, 1.82) is 0 Å². The maximum absolute atomic E-state index is 11.9. The molecule has 1 atom stereocenters. The molecule has 0 aliphatic carbocycles. The number of sulfone groups is 1. The topological polar surface area (TPSA) is 63.2 Å². The lowest BCUT2D eigenvalue weighted by Gasteiger charge is -2.11. The van der Waals surface area contributed by atoms with Crippen LogP contribution in [0.5, 0.6) is 0 Å². The maximum atomic E-state index is 11.9. The van der Waals surface area contributed by atoms with E-state index in [0.717, 1.165) is 5.56 Å². The van der Waals surface area contributed by atoms with Gasteiger partial charge in [-0.3, -0.25) is 4.79 Å². The molecule has 1 saturated heterocycles. The summed E-state index contributed by atoms with van der Waals surface area (Å²) in [4.78, 5) is 11.9. The number of carbonyl (C=O) groups is 1. The number of nitrogens with one attached hydrogen (secondary N) is 1. The van der Waals surface area contributed by atoms with E-state index in [1.807, 2.05) is 6.92 Å². The Balaban J connectivity index is 1.86. The molecule has 20 heavy (non-hydrogen) atoms. The third-order valence-corrected chi connectivity index (χ3v) is 6.87. The van der Waals surface area contributed by atoms with Crippen LogP contribution in [-0.4, -0.2) is 36.8 Å². The lowest BCUT2D eigenvalue weighted by molar-refractivity contribution is -0.113. The average molecular weight is 334 g/mol. The first kappa shape index (κ1) is 15.7. The summed E-state index contributed by atoms with van der Waals surface area (Å²) in [5.74, 6) is 0.539. The number of hydrogen-bond donors (Lipinski definition) is 1. The summed E-state index contributed by atoms with van der Waals surface area (Å²) in [5, 5.41) is 3.44. The minimum absolute atomic E-state index is 0.0335. The number of amides is 1. The molecular weight excluding hydrogens is 318 g/mol. The fourth-order valence-corrected chi connectivity index (χ4v) is 5.63. The highest BCUT2D eigenvalue weighted by molar-refractivity contribution is 8.02. The molecule has 2 rings (SSSR count). The van der Waals surface area contributed by atoms with Crippen LogP contribution in [0, 0.1) is 6.92 Å². The van der Waals surface area contributed by atoms with Gasteiger partial charge in [-0.2, -0.15) is 0 Å². The third-order valence-electron chi connectivity index (χ3n) is 3.18. The molecule has 4 nitrogen and oxygen atoms in total. The Morgan fingerprint density at radius 3 is 2.90 bits per heavy atom. The van der Waals surface area contributed by atoms with Crippen molar-refractivity contribution in [2.45, 2.75) is 18.6 Å². The zero-order chi connectivity index (χ0) is 14.8. The van der Waals surface area contributed by atoms with Gasteiger partial charge in [0.15, 0.2) is 9.84 Å². The number of anilines is 1. The molecule has 7 heteroatoms. The number of thioether (sulfide) groups is 1. The molecule has 110 valence electrons. The third kappa shape index (κ3) is 4.14. The smallest absolute Gasteiger partial charge is 0.234 e. The van der Waals surface area contributed by atoms with E-state index in [2.05, 4.69) is 5.32 Å². The predicted octanol–water partition coefficient (Wildman–Crippen LogP) is 2.51. The molecule has 1 amide bonds. The predicted molar refractivity (Wildman–Crippen MR) is 84.3 cm³/mol. The molecule has 1 aromatic carbocycles. The van der Waals surface area contributed by atoms with Gasteiger partial charge in [-0.05, 0) is 31.0 Å². The van der Waals surface area contributed by atoms with E-state index in [1.54, 1.807) is 18.2 Å². The lowest BCUT2D eigenvalue weighted by Crippen LogP contribution is -2.17. The van der Waals surface area contributed by atoms with Crippen molar-refractivity contribution < 1.29 is 13.2 Å². The highest BCUT2D eigenvalue weighted by Crippen LogP contribution is 2.26. The molecular formula is C13H16ClNO3S2. The van der Waals surface area contributed by atoms with Crippen LogP contribution in [0.1, 0.15) is 12.0 Å². The zero-order valence-corrected chi connectivity index (χ0v) is 13.4. The summed E-state index contributed by atoms with van der Waals surface area (Å²) in [6.45, 7) is 1.84. The van der Waals surface area contributed by atoms with E-state index >= 15 is 0 Å². The molecule has 1 aliphatic heterocycles. The van der Waals surface area contributed by atoms with Gasteiger partial charge >= 0.3 is 0 Å². The Labute approximate surface area is 128 Å². The summed E-state index contributed by atoms with van der Waals surface area (Å²) >= 11 is 7.39. The Morgan fingerprint density at radius 1 is 1.50 bits per heavy atom. The van der Waals surface area contributed by atoms with E-state index in [9.17, 15) is 13.2 Å². The van der Waals surface area contributed by atoms with Gasteiger partial charge in [0.25, 0.3) is 0 Å². The first-order valence-electron chi connectivity index (χ1n) is 6.24. The van der Waals surface area contributed by atoms with Gasteiger partial charge in [-0.15, -0.1) is 11.8 Å². The Kier molecular flexibility index (Phi) is 4.99. The van der Waals surface area contributed by atoms with E-state index in [-0.39, 0.29) is 28.4 Å². The van der Waals surface area contributed by atoms with Crippen LogP contribution in [0.25, 0.3) is 0 Å². The number of benzene rings is 1. The monoisotopic (exact) mass is 333 g/mol. The van der Waals surface area contributed by atoms with Crippen molar-refractivity contribution in [3.05, 3.63) is 28.8 Å². The second-order valence-corrected chi connectivity index (χ2v) is 8.72. The van der Waals surface area contributed by atoms with E-state index in [4.69, 9.17) is 11.6 Å². The van der Waals surface area contributed by atoms with Gasteiger partial charge in [-0.25, -0.2) is 8.42 Å². The van der Waals surface area contributed by atoms with Crippen molar-refractivity contribution in [3.63, 3.8) is 0 Å². The van der Waals surface area contributed by atoms with Crippen LogP contribution in [0.4, 0.5) is 5.69 Å². The number of carbonyl (C=O) groups excluding carboxylic acids is 1. The molecule has 0 radical (unpaired) electrons. The number of rotatable bonds is 4. The summed E-state index contributed by atoms with van der Waals surface area (Å²) in [5.41, 5.74) is 1.53. The Bertz CT molecular complexity index is 616. The quantitative estimate of drug-likeness (QED) is 0.919. The Hall–Kier alpha value is -0.720. The maximum Gasteiger partial charge on any atom is 0.234 e. The standard InChI is InChI=1S/C13H16ClNO3S2/c1-9-11(14)3-2-4-12(9)15-13(16)7-19-10-5-6-20(17,18)8-10/h2-4,10H,5-8H2,1H3,(H,15,16)/t10-/m0/s1. The molecule has 0 spiro atoms. The normalized spacial score (nSPS) is 20.8. The van der Waals surface area contributed by atoms with Gasteiger partial charge in [0.2, 0.25) is 5.91 Å². The van der Waals surface area contributed by atoms with E-state index in [0.29, 0.717) is 17.1 Å². The van der Waals surface area contributed by atoms with E-state index in [1.165, 1.54) is 11.8 Å². The van der Waals surface area contributed by atoms with Crippen LogP contribution in [0.3, 0.4) is 0 Å². The van der Waals surface area contributed by atoms with Crippen molar-refractivity contribution in [3.8, 4) is 0 Å². The highest BCUT2D eigenvalue weighted by atomic mass is 35.5. The van der Waals surface area contributed by atoms with Crippen molar-refractivity contribution in [1.82, 2.24) is 0 Å². The highest BCUT2D eigenvalue weighted by Gasteiger charge is 2.28. The molecule has 1 fully saturated rings. The largest absolute Gasteiger partial charge is 0.325 e. The minimum Gasteiger partial charge on any atom is -0.325 e. The summed E-state index contributed by atoms with van der Waals surface area (Å²) < 4.78 is 22.7. The molecule has 0 saturated carbocycles. The second kappa shape index (κ2) is 6.37. The molecule has 0 bridgehead atoms. The first-order valence-corrected chi connectivity index (χ1v) is 9.49. The molecule has 1 heterocycles. The van der Waals surface area contributed by atoms with Crippen LogP contribution < -0.4 is 5.32 Å². The fourth-order valence-electron chi connectivity index (χ4n) is 2.02. The Morgan fingerprint density at radius 2 is 2.25 bits per heavy atom. The molecule has 1 N–H and O–H groups in total. The summed E-state index contributed by atoms with van der Waals surface area (Å²) in [7, 11) is -2.88. The summed E-state index contributed by atoms with van der Waals surface area (Å²) in [6, 6.07) is 5.34. The van der Waals surface area contributed by atoms with Crippen molar-refractivity contribution in [2.24, 2.45) is 0 Å². The van der Waals surface area contributed by atoms with Gasteiger partial charge in [-0.1, -0.05) is 17.7 Å². The van der Waals surface area contributed by atoms with Crippen LogP contribution >= 0.6 is 23.4 Å². The van der Waals surface area contributed by atoms with Gasteiger partial charge < -0.3 is 5.32 Å².